The Hall–Kier alpha value is -0.730. The van der Waals surface area contributed by atoms with Gasteiger partial charge < -0.3 is 5.32 Å². The van der Waals surface area contributed by atoms with Crippen LogP contribution in [0.4, 0.5) is 13.2 Å². The highest BCUT2D eigenvalue weighted by Gasteiger charge is 2.30. The predicted octanol–water partition coefficient (Wildman–Crippen LogP) is 1.09. The molecular weight excluding hydrogens is 193 g/mol. The van der Waals surface area contributed by atoms with Gasteiger partial charge in [0.05, 0.1) is 13.1 Å². The summed E-state index contributed by atoms with van der Waals surface area (Å²) in [6, 6.07) is -0.190. The fraction of sp³-hybridized carbons (Fsp3) is 0.778. The van der Waals surface area contributed by atoms with Crippen molar-refractivity contribution in [1.82, 2.24) is 10.2 Å². The first-order chi connectivity index (χ1) is 6.37. The highest BCUT2D eigenvalue weighted by molar-refractivity contribution is 4.87. The Labute approximate surface area is 82.5 Å². The smallest absolute Gasteiger partial charge is 0.305 e. The van der Waals surface area contributed by atoms with Crippen LogP contribution in [0.1, 0.15) is 6.92 Å². The van der Waals surface area contributed by atoms with Gasteiger partial charge in [-0.2, -0.15) is 13.2 Å². The zero-order valence-electron chi connectivity index (χ0n) is 8.36. The Morgan fingerprint density at radius 2 is 2.07 bits per heavy atom. The molecular formula is C9H15F3N2. The summed E-state index contributed by atoms with van der Waals surface area (Å²) in [5.41, 5.74) is 0. The summed E-state index contributed by atoms with van der Waals surface area (Å²) >= 11 is 0. The highest BCUT2D eigenvalue weighted by Crippen LogP contribution is 2.16. The third-order valence-electron chi connectivity index (χ3n) is 1.85. The normalized spacial score (nSPS) is 14.1. The first kappa shape index (κ1) is 13.3. The van der Waals surface area contributed by atoms with Crippen molar-refractivity contribution in [3.8, 4) is 12.3 Å². The molecule has 5 heteroatoms. The fourth-order valence-electron chi connectivity index (χ4n) is 0.948. The molecule has 1 unspecified atom stereocenters. The third-order valence-corrected chi connectivity index (χ3v) is 1.85. The molecule has 1 N–H and O–H groups in total. The monoisotopic (exact) mass is 208 g/mol. The molecule has 14 heavy (non-hydrogen) atoms. The maximum atomic E-state index is 12.0. The number of terminal acetylenes is 1. The average Bonchev–Trinajstić information content (AvgIpc) is 2.01. The number of alkyl halides is 3. The van der Waals surface area contributed by atoms with Crippen LogP contribution >= 0.6 is 0 Å². The molecule has 1 atom stereocenters. The van der Waals surface area contributed by atoms with Crippen molar-refractivity contribution in [1.29, 1.82) is 0 Å². The molecule has 0 saturated carbocycles. The maximum Gasteiger partial charge on any atom is 0.401 e. The van der Waals surface area contributed by atoms with Crippen LogP contribution in [0.15, 0.2) is 0 Å². The van der Waals surface area contributed by atoms with Crippen molar-refractivity contribution in [2.24, 2.45) is 0 Å². The number of hydrogen-bond acceptors (Lipinski definition) is 2. The minimum Gasteiger partial charge on any atom is -0.305 e. The maximum absolute atomic E-state index is 12.0. The van der Waals surface area contributed by atoms with Gasteiger partial charge in [-0.1, -0.05) is 5.92 Å². The molecule has 0 aromatic heterocycles. The second-order valence-corrected chi connectivity index (χ2v) is 3.21. The van der Waals surface area contributed by atoms with E-state index in [2.05, 4.69) is 11.2 Å². The van der Waals surface area contributed by atoms with Crippen molar-refractivity contribution < 1.29 is 13.2 Å². The number of rotatable bonds is 5. The highest BCUT2D eigenvalue weighted by atomic mass is 19.4. The van der Waals surface area contributed by atoms with Gasteiger partial charge in [-0.25, -0.2) is 0 Å². The molecule has 82 valence electrons. The van der Waals surface area contributed by atoms with Crippen LogP contribution in [0.25, 0.3) is 0 Å². The third kappa shape index (κ3) is 6.75. The molecule has 0 aliphatic heterocycles. The lowest BCUT2D eigenvalue weighted by Crippen LogP contribution is -2.42. The SMILES string of the molecule is C#CCNCC(C)N(C)CC(F)(F)F. The molecule has 0 radical (unpaired) electrons. The zero-order valence-corrected chi connectivity index (χ0v) is 8.36. The second kappa shape index (κ2) is 5.89. The summed E-state index contributed by atoms with van der Waals surface area (Å²) < 4.78 is 35.9. The summed E-state index contributed by atoms with van der Waals surface area (Å²) in [6.07, 6.45) is 0.843. The summed E-state index contributed by atoms with van der Waals surface area (Å²) in [4.78, 5) is 1.24. The van der Waals surface area contributed by atoms with Gasteiger partial charge in [-0.15, -0.1) is 6.42 Å². The summed E-state index contributed by atoms with van der Waals surface area (Å²) in [6.45, 7) is 1.65. The van der Waals surface area contributed by atoms with Crippen LogP contribution in [-0.4, -0.2) is 43.8 Å². The Balaban J connectivity index is 3.77. The lowest BCUT2D eigenvalue weighted by atomic mass is 10.3. The van der Waals surface area contributed by atoms with E-state index in [0.717, 1.165) is 0 Å². The van der Waals surface area contributed by atoms with Crippen molar-refractivity contribution >= 4 is 0 Å². The molecule has 0 fully saturated rings. The van der Waals surface area contributed by atoms with Crippen molar-refractivity contribution in [2.75, 3.05) is 26.7 Å². The number of nitrogens with zero attached hydrogens (tertiary/aromatic N) is 1. The van der Waals surface area contributed by atoms with Crippen LogP contribution in [0.2, 0.25) is 0 Å². The van der Waals surface area contributed by atoms with Crippen LogP contribution in [-0.2, 0) is 0 Å². The van der Waals surface area contributed by atoms with E-state index in [0.29, 0.717) is 13.1 Å². The number of nitrogens with one attached hydrogen (secondary N) is 1. The first-order valence-corrected chi connectivity index (χ1v) is 4.28. The van der Waals surface area contributed by atoms with Gasteiger partial charge in [0, 0.05) is 12.6 Å². The van der Waals surface area contributed by atoms with E-state index in [-0.39, 0.29) is 6.04 Å². The Morgan fingerprint density at radius 3 is 2.50 bits per heavy atom. The molecule has 0 aliphatic carbocycles. The van der Waals surface area contributed by atoms with E-state index in [1.807, 2.05) is 0 Å². The molecule has 0 aliphatic rings. The molecule has 0 heterocycles. The van der Waals surface area contributed by atoms with Crippen LogP contribution in [0.5, 0.6) is 0 Å². The number of halogens is 3. The van der Waals surface area contributed by atoms with Crippen molar-refractivity contribution in [2.45, 2.75) is 19.1 Å². The van der Waals surface area contributed by atoms with Crippen LogP contribution in [0, 0.1) is 12.3 Å². The molecule has 0 spiro atoms. The van der Waals surface area contributed by atoms with E-state index in [9.17, 15) is 13.2 Å². The molecule has 0 aromatic rings. The molecule has 0 amide bonds. The molecule has 2 nitrogen and oxygen atoms in total. The van der Waals surface area contributed by atoms with E-state index in [1.54, 1.807) is 6.92 Å². The molecule has 0 bridgehead atoms. The van der Waals surface area contributed by atoms with E-state index >= 15 is 0 Å². The second-order valence-electron chi connectivity index (χ2n) is 3.21. The van der Waals surface area contributed by atoms with Crippen LogP contribution in [0.3, 0.4) is 0 Å². The van der Waals surface area contributed by atoms with Gasteiger partial charge in [-0.3, -0.25) is 4.90 Å². The number of hydrogen-bond donors (Lipinski definition) is 1. The lowest BCUT2D eigenvalue weighted by Gasteiger charge is -2.25. The lowest BCUT2D eigenvalue weighted by molar-refractivity contribution is -0.146. The minimum absolute atomic E-state index is 0.190. The van der Waals surface area contributed by atoms with Crippen molar-refractivity contribution in [3.63, 3.8) is 0 Å². The largest absolute Gasteiger partial charge is 0.401 e. The average molecular weight is 208 g/mol. The molecule has 0 saturated heterocycles. The van der Waals surface area contributed by atoms with Crippen LogP contribution < -0.4 is 5.32 Å². The van der Waals surface area contributed by atoms with Gasteiger partial charge >= 0.3 is 6.18 Å². The topological polar surface area (TPSA) is 15.3 Å². The van der Waals surface area contributed by atoms with Gasteiger partial charge in [0.25, 0.3) is 0 Å². The van der Waals surface area contributed by atoms with Gasteiger partial charge in [0.15, 0.2) is 0 Å². The van der Waals surface area contributed by atoms with E-state index in [1.165, 1.54) is 11.9 Å². The molecule has 0 rings (SSSR count). The summed E-state index contributed by atoms with van der Waals surface area (Å²) in [5, 5.41) is 2.86. The zero-order chi connectivity index (χ0) is 11.2. The Kier molecular flexibility index (Phi) is 5.58. The Morgan fingerprint density at radius 1 is 1.50 bits per heavy atom. The van der Waals surface area contributed by atoms with Crippen molar-refractivity contribution in [3.05, 3.63) is 0 Å². The van der Waals surface area contributed by atoms with Gasteiger partial charge in [0.1, 0.15) is 0 Å². The fourth-order valence-corrected chi connectivity index (χ4v) is 0.948. The van der Waals surface area contributed by atoms with Gasteiger partial charge in [-0.05, 0) is 14.0 Å². The first-order valence-electron chi connectivity index (χ1n) is 4.28. The van der Waals surface area contributed by atoms with E-state index in [4.69, 9.17) is 6.42 Å². The van der Waals surface area contributed by atoms with E-state index < -0.39 is 12.7 Å². The predicted molar refractivity (Wildman–Crippen MR) is 49.8 cm³/mol. The molecule has 0 aromatic carbocycles. The van der Waals surface area contributed by atoms with Gasteiger partial charge in [0.2, 0.25) is 0 Å². The summed E-state index contributed by atoms with van der Waals surface area (Å²) in [5.74, 6) is 2.36. The quantitative estimate of drug-likeness (QED) is 0.537. The number of likely N-dealkylation sites (N-methyl/N-ethyl adjacent to an activating group) is 1. The minimum atomic E-state index is -4.14. The Bertz CT molecular complexity index is 195. The standard InChI is InChI=1S/C9H15F3N2/c1-4-5-13-6-8(2)14(3)7-9(10,11)12/h1,8,13H,5-7H2,2-3H3. The summed E-state index contributed by atoms with van der Waals surface area (Å²) in [7, 11) is 1.44.